The van der Waals surface area contributed by atoms with E-state index in [2.05, 4.69) is 31.1 Å². The van der Waals surface area contributed by atoms with Crippen molar-refractivity contribution in [1.82, 2.24) is 4.98 Å². The molecule has 1 amide bonds. The Kier molecular flexibility index (Phi) is 5.46. The van der Waals surface area contributed by atoms with Gasteiger partial charge in [0, 0.05) is 11.3 Å². The highest BCUT2D eigenvalue weighted by Crippen LogP contribution is 2.27. The van der Waals surface area contributed by atoms with Crippen molar-refractivity contribution >= 4 is 22.7 Å². The van der Waals surface area contributed by atoms with E-state index in [0.29, 0.717) is 34.0 Å². The molecule has 0 atom stereocenters. The fourth-order valence-electron chi connectivity index (χ4n) is 3.15. The Morgan fingerprint density at radius 2 is 1.84 bits per heavy atom. The summed E-state index contributed by atoms with van der Waals surface area (Å²) in [6.45, 7) is 6.32. The number of rotatable bonds is 5. The maximum absolute atomic E-state index is 13.5. The summed E-state index contributed by atoms with van der Waals surface area (Å²) in [5, 5.41) is 2.79. The molecule has 6 heteroatoms. The molecule has 0 aliphatic carbocycles. The summed E-state index contributed by atoms with van der Waals surface area (Å²) in [7, 11) is 0. The van der Waals surface area contributed by atoms with Crippen molar-refractivity contribution in [3.05, 3.63) is 78.1 Å². The second kappa shape index (κ2) is 8.22. The molecule has 1 N–H and O–H groups in total. The third-order valence-electron chi connectivity index (χ3n) is 4.83. The van der Waals surface area contributed by atoms with Crippen molar-refractivity contribution in [3.8, 4) is 17.2 Å². The normalized spacial score (nSPS) is 11.5. The number of hydrogen-bond acceptors (Lipinski definition) is 4. The van der Waals surface area contributed by atoms with Crippen molar-refractivity contribution in [2.75, 3.05) is 11.9 Å². The van der Waals surface area contributed by atoms with E-state index in [0.717, 1.165) is 0 Å². The molecule has 0 fully saturated rings. The highest BCUT2D eigenvalue weighted by atomic mass is 19.1. The molecule has 0 radical (unpaired) electrons. The number of anilines is 1. The Morgan fingerprint density at radius 1 is 1.06 bits per heavy atom. The second-order valence-electron chi connectivity index (χ2n) is 8.32. The van der Waals surface area contributed by atoms with E-state index >= 15 is 0 Å². The Balaban J connectivity index is 1.40. The van der Waals surface area contributed by atoms with Gasteiger partial charge in [-0.25, -0.2) is 9.37 Å². The minimum absolute atomic E-state index is 0.0597. The largest absolute Gasteiger partial charge is 0.484 e. The molecule has 4 aromatic rings. The van der Waals surface area contributed by atoms with Crippen molar-refractivity contribution in [2.24, 2.45) is 0 Å². The molecule has 4 rings (SSSR count). The minimum Gasteiger partial charge on any atom is -0.484 e. The van der Waals surface area contributed by atoms with E-state index in [4.69, 9.17) is 9.15 Å². The molecule has 31 heavy (non-hydrogen) atoms. The van der Waals surface area contributed by atoms with Crippen molar-refractivity contribution < 1.29 is 18.3 Å². The zero-order chi connectivity index (χ0) is 22.0. The van der Waals surface area contributed by atoms with Gasteiger partial charge in [-0.3, -0.25) is 4.79 Å². The first-order chi connectivity index (χ1) is 14.8. The number of ether oxygens (including phenoxy) is 1. The van der Waals surface area contributed by atoms with Crippen LogP contribution in [-0.2, 0) is 10.2 Å². The third-order valence-corrected chi connectivity index (χ3v) is 4.83. The van der Waals surface area contributed by atoms with Gasteiger partial charge in [0.2, 0.25) is 5.89 Å². The zero-order valence-electron chi connectivity index (χ0n) is 17.6. The van der Waals surface area contributed by atoms with Gasteiger partial charge in [0.15, 0.2) is 12.2 Å². The van der Waals surface area contributed by atoms with E-state index in [1.54, 1.807) is 30.3 Å². The van der Waals surface area contributed by atoms with Crippen LogP contribution < -0.4 is 10.1 Å². The molecule has 158 valence electrons. The fraction of sp³-hybridized carbons (Fsp3) is 0.200. The molecule has 0 saturated carbocycles. The average Bonchev–Trinajstić information content (AvgIpc) is 3.15. The van der Waals surface area contributed by atoms with Crippen LogP contribution in [0.2, 0.25) is 0 Å². The van der Waals surface area contributed by atoms with Crippen LogP contribution in [0.5, 0.6) is 5.75 Å². The van der Waals surface area contributed by atoms with Crippen LogP contribution in [-0.4, -0.2) is 17.5 Å². The van der Waals surface area contributed by atoms with Gasteiger partial charge in [-0.2, -0.15) is 0 Å². The topological polar surface area (TPSA) is 64.4 Å². The highest BCUT2D eigenvalue weighted by molar-refractivity contribution is 5.94. The first-order valence-electron chi connectivity index (χ1n) is 9.98. The summed E-state index contributed by atoms with van der Waals surface area (Å²) in [6.07, 6.45) is 0. The lowest BCUT2D eigenvalue weighted by Gasteiger charge is -2.19. The van der Waals surface area contributed by atoms with Crippen LogP contribution >= 0.6 is 0 Å². The van der Waals surface area contributed by atoms with Gasteiger partial charge < -0.3 is 14.5 Å². The molecule has 5 nitrogen and oxygen atoms in total. The third kappa shape index (κ3) is 4.91. The lowest BCUT2D eigenvalue weighted by atomic mass is 9.87. The molecule has 0 unspecified atom stereocenters. The predicted octanol–water partition coefficient (Wildman–Crippen LogP) is 5.95. The molecule has 0 spiro atoms. The van der Waals surface area contributed by atoms with E-state index in [1.165, 1.54) is 17.7 Å². The fourth-order valence-corrected chi connectivity index (χ4v) is 3.15. The first kappa shape index (κ1) is 20.6. The number of carbonyl (C=O) groups is 1. The molecule has 3 aromatic carbocycles. The maximum atomic E-state index is 13.5. The van der Waals surface area contributed by atoms with E-state index in [-0.39, 0.29) is 23.7 Å². The summed E-state index contributed by atoms with van der Waals surface area (Å²) in [5.41, 5.74) is 3.49. The van der Waals surface area contributed by atoms with Gasteiger partial charge in [-0.1, -0.05) is 39.0 Å². The Hall–Kier alpha value is -3.67. The van der Waals surface area contributed by atoms with Crippen LogP contribution in [0.15, 0.2) is 71.1 Å². The number of benzene rings is 3. The molecular weight excluding hydrogens is 395 g/mol. The number of fused-ring (bicyclic) bond motifs is 1. The van der Waals surface area contributed by atoms with Crippen LogP contribution in [0, 0.1) is 5.82 Å². The number of halogens is 1. The molecular formula is C25H23FN2O3. The molecule has 0 aliphatic rings. The quantitative estimate of drug-likeness (QED) is 0.435. The second-order valence-corrected chi connectivity index (χ2v) is 8.32. The first-order valence-corrected chi connectivity index (χ1v) is 9.98. The zero-order valence-corrected chi connectivity index (χ0v) is 17.6. The van der Waals surface area contributed by atoms with Crippen molar-refractivity contribution in [3.63, 3.8) is 0 Å². The number of nitrogens with one attached hydrogen (secondary N) is 1. The SMILES string of the molecule is CC(C)(C)c1ccc(OCC(=O)Nc2ccc3oc(-c4cccc(F)c4)nc3c2)cc1. The Bertz CT molecular complexity index is 1220. The highest BCUT2D eigenvalue weighted by Gasteiger charge is 2.14. The van der Waals surface area contributed by atoms with Crippen LogP contribution in [0.3, 0.4) is 0 Å². The number of hydrogen-bond donors (Lipinski definition) is 1. The van der Waals surface area contributed by atoms with Crippen LogP contribution in [0.1, 0.15) is 26.3 Å². The summed E-state index contributed by atoms with van der Waals surface area (Å²) in [4.78, 5) is 16.7. The number of aromatic nitrogens is 1. The van der Waals surface area contributed by atoms with Crippen LogP contribution in [0.4, 0.5) is 10.1 Å². The molecule has 1 heterocycles. The van der Waals surface area contributed by atoms with Gasteiger partial charge in [0.25, 0.3) is 5.91 Å². The lowest BCUT2D eigenvalue weighted by Crippen LogP contribution is -2.20. The summed E-state index contributed by atoms with van der Waals surface area (Å²) >= 11 is 0. The lowest BCUT2D eigenvalue weighted by molar-refractivity contribution is -0.118. The Labute approximate surface area is 179 Å². The number of nitrogens with zero attached hydrogens (tertiary/aromatic N) is 1. The monoisotopic (exact) mass is 418 g/mol. The van der Waals surface area contributed by atoms with Gasteiger partial charge in [-0.05, 0) is 59.5 Å². The molecule has 0 saturated heterocycles. The minimum atomic E-state index is -0.360. The summed E-state index contributed by atoms with van der Waals surface area (Å²) in [5.74, 6) is 0.309. The average molecular weight is 418 g/mol. The molecule has 0 bridgehead atoms. The van der Waals surface area contributed by atoms with Crippen LogP contribution in [0.25, 0.3) is 22.6 Å². The van der Waals surface area contributed by atoms with Gasteiger partial charge in [0.1, 0.15) is 17.1 Å². The van der Waals surface area contributed by atoms with Crippen molar-refractivity contribution in [1.29, 1.82) is 0 Å². The number of amides is 1. The Morgan fingerprint density at radius 3 is 2.55 bits per heavy atom. The van der Waals surface area contributed by atoms with Gasteiger partial charge >= 0.3 is 0 Å². The van der Waals surface area contributed by atoms with E-state index in [9.17, 15) is 9.18 Å². The van der Waals surface area contributed by atoms with Gasteiger partial charge in [0.05, 0.1) is 0 Å². The van der Waals surface area contributed by atoms with Gasteiger partial charge in [-0.15, -0.1) is 0 Å². The summed E-state index contributed by atoms with van der Waals surface area (Å²) < 4.78 is 24.7. The smallest absolute Gasteiger partial charge is 0.262 e. The van der Waals surface area contributed by atoms with E-state index in [1.807, 2.05) is 24.3 Å². The number of carbonyl (C=O) groups excluding carboxylic acids is 1. The molecule has 0 aliphatic heterocycles. The standard InChI is InChI=1S/C25H23FN2O3/c1-25(2,3)17-7-10-20(11-8-17)30-15-23(29)27-19-9-12-22-21(14-19)28-24(31-22)16-5-4-6-18(26)13-16/h4-14H,15H2,1-3H3,(H,27,29). The summed E-state index contributed by atoms with van der Waals surface area (Å²) in [6, 6.07) is 18.9. The number of oxazole rings is 1. The predicted molar refractivity (Wildman–Crippen MR) is 119 cm³/mol. The maximum Gasteiger partial charge on any atom is 0.262 e. The molecule has 1 aromatic heterocycles. The van der Waals surface area contributed by atoms with E-state index < -0.39 is 0 Å². The van der Waals surface area contributed by atoms with Crippen molar-refractivity contribution in [2.45, 2.75) is 26.2 Å².